The van der Waals surface area contributed by atoms with Gasteiger partial charge < -0.3 is 9.63 Å². The molecule has 0 aliphatic carbocycles. The molecule has 0 bridgehead atoms. The summed E-state index contributed by atoms with van der Waals surface area (Å²) in [5, 5.41) is 13.5. The molecule has 0 unspecified atom stereocenters. The van der Waals surface area contributed by atoms with Crippen molar-refractivity contribution in [1.82, 2.24) is 10.1 Å². The van der Waals surface area contributed by atoms with Crippen molar-refractivity contribution in [1.29, 1.82) is 0 Å². The second kappa shape index (κ2) is 6.86. The predicted octanol–water partition coefficient (Wildman–Crippen LogP) is 5.40. The lowest BCUT2D eigenvalue weighted by atomic mass is 9.93. The molecule has 1 N–H and O–H groups in total. The van der Waals surface area contributed by atoms with E-state index in [0.29, 0.717) is 22.3 Å². The van der Waals surface area contributed by atoms with Crippen LogP contribution in [0.25, 0.3) is 22.8 Å². The lowest BCUT2D eigenvalue weighted by Gasteiger charge is -2.13. The van der Waals surface area contributed by atoms with Crippen molar-refractivity contribution >= 4 is 5.97 Å². The van der Waals surface area contributed by atoms with Crippen LogP contribution in [0.3, 0.4) is 0 Å². The van der Waals surface area contributed by atoms with Crippen molar-refractivity contribution in [3.63, 3.8) is 0 Å². The maximum absolute atomic E-state index is 15.0. The van der Waals surface area contributed by atoms with Crippen molar-refractivity contribution in [3.05, 3.63) is 56.4 Å². The highest BCUT2D eigenvalue weighted by atomic mass is 19.1. The van der Waals surface area contributed by atoms with Gasteiger partial charge in [-0.3, -0.25) is 0 Å². The van der Waals surface area contributed by atoms with Crippen molar-refractivity contribution in [2.24, 2.45) is 0 Å². The van der Waals surface area contributed by atoms with Crippen molar-refractivity contribution in [3.8, 4) is 22.8 Å². The molecule has 0 aliphatic heterocycles. The van der Waals surface area contributed by atoms with E-state index in [0.717, 1.165) is 27.8 Å². The fraction of sp³-hybridized carbons (Fsp3) is 0.318. The Balaban J connectivity index is 2.22. The fourth-order valence-corrected chi connectivity index (χ4v) is 3.46. The minimum Gasteiger partial charge on any atom is -0.478 e. The molecule has 6 heteroatoms. The Morgan fingerprint density at radius 1 is 0.893 bits per heavy atom. The van der Waals surface area contributed by atoms with Gasteiger partial charge in [0.15, 0.2) is 0 Å². The highest BCUT2D eigenvalue weighted by Gasteiger charge is 2.23. The van der Waals surface area contributed by atoms with E-state index in [-0.39, 0.29) is 23.1 Å². The largest absolute Gasteiger partial charge is 0.478 e. The molecule has 0 radical (unpaired) electrons. The van der Waals surface area contributed by atoms with Gasteiger partial charge >= 0.3 is 5.97 Å². The predicted molar refractivity (Wildman–Crippen MR) is 105 cm³/mol. The van der Waals surface area contributed by atoms with Crippen LogP contribution in [0.2, 0.25) is 0 Å². The van der Waals surface area contributed by atoms with Crippen LogP contribution in [0.4, 0.5) is 4.39 Å². The summed E-state index contributed by atoms with van der Waals surface area (Å²) < 4.78 is 20.4. The van der Waals surface area contributed by atoms with Crippen LogP contribution in [0.5, 0.6) is 0 Å². The average Bonchev–Trinajstić information content (AvgIpc) is 3.12. The average molecular weight is 382 g/mol. The van der Waals surface area contributed by atoms with E-state index >= 15 is 0 Å². The van der Waals surface area contributed by atoms with Gasteiger partial charge in [0.1, 0.15) is 5.82 Å². The van der Waals surface area contributed by atoms with Crippen molar-refractivity contribution in [2.75, 3.05) is 0 Å². The zero-order valence-electron chi connectivity index (χ0n) is 17.1. The summed E-state index contributed by atoms with van der Waals surface area (Å²) >= 11 is 0. The lowest BCUT2D eigenvalue weighted by molar-refractivity contribution is 0.0696. The monoisotopic (exact) mass is 382 g/mol. The minimum absolute atomic E-state index is 0.0886. The van der Waals surface area contributed by atoms with E-state index in [9.17, 15) is 14.3 Å². The first kappa shape index (κ1) is 19.7. The topological polar surface area (TPSA) is 76.2 Å². The lowest BCUT2D eigenvalue weighted by Crippen LogP contribution is -2.04. The Kier molecular flexibility index (Phi) is 4.83. The first-order chi connectivity index (χ1) is 13.1. The molecule has 3 rings (SSSR count). The number of carbonyl (C=O) groups is 1. The number of hydrogen-bond donors (Lipinski definition) is 1. The quantitative estimate of drug-likeness (QED) is 0.656. The number of carboxylic acids is 1. The van der Waals surface area contributed by atoms with E-state index in [2.05, 4.69) is 10.1 Å². The van der Waals surface area contributed by atoms with Gasteiger partial charge in [0.05, 0.1) is 11.1 Å². The number of hydrogen-bond acceptors (Lipinski definition) is 4. The van der Waals surface area contributed by atoms with Gasteiger partial charge in [-0.1, -0.05) is 5.16 Å². The first-order valence-electron chi connectivity index (χ1n) is 9.00. The molecule has 28 heavy (non-hydrogen) atoms. The maximum Gasteiger partial charge on any atom is 0.335 e. The number of carboxylic acid groups (broad SMARTS) is 1. The number of aromatic nitrogens is 2. The molecule has 146 valence electrons. The van der Waals surface area contributed by atoms with E-state index < -0.39 is 5.97 Å². The van der Waals surface area contributed by atoms with Gasteiger partial charge in [0.2, 0.25) is 5.82 Å². The normalized spacial score (nSPS) is 11.1. The number of rotatable bonds is 3. The molecule has 2 aromatic carbocycles. The molecule has 1 heterocycles. The molecule has 5 nitrogen and oxygen atoms in total. The van der Waals surface area contributed by atoms with Crippen LogP contribution >= 0.6 is 0 Å². The Morgan fingerprint density at radius 3 is 2.07 bits per heavy atom. The summed E-state index contributed by atoms with van der Waals surface area (Å²) in [6, 6.07) is 1.55. The summed E-state index contributed by atoms with van der Waals surface area (Å²) in [5.41, 5.74) is 6.63. The van der Waals surface area contributed by atoms with E-state index in [4.69, 9.17) is 4.52 Å². The molecule has 0 aliphatic rings. The van der Waals surface area contributed by atoms with Crippen LogP contribution in [0, 0.1) is 54.3 Å². The Hall–Kier alpha value is -3.02. The fourth-order valence-electron chi connectivity index (χ4n) is 3.46. The summed E-state index contributed by atoms with van der Waals surface area (Å²) in [4.78, 5) is 16.0. The molecule has 0 saturated carbocycles. The SMILES string of the molecule is Cc1c(C(=O)O)cc(-c2noc(-c3c(C)c(C)c(C)c(C)c3F)n2)c(C)c1C. The van der Waals surface area contributed by atoms with Gasteiger partial charge in [0, 0.05) is 5.56 Å². The highest BCUT2D eigenvalue weighted by Crippen LogP contribution is 2.35. The molecular weight excluding hydrogens is 359 g/mol. The Morgan fingerprint density at radius 2 is 1.46 bits per heavy atom. The van der Waals surface area contributed by atoms with Crippen LogP contribution in [0.1, 0.15) is 49.3 Å². The van der Waals surface area contributed by atoms with Gasteiger partial charge in [-0.15, -0.1) is 0 Å². The smallest absolute Gasteiger partial charge is 0.335 e. The zero-order chi connectivity index (χ0) is 20.9. The summed E-state index contributed by atoms with van der Waals surface area (Å²) in [6.07, 6.45) is 0. The molecule has 0 spiro atoms. The molecule has 0 saturated heterocycles. The molecular formula is C22H23FN2O3. The third-order valence-corrected chi connectivity index (χ3v) is 5.94. The van der Waals surface area contributed by atoms with Crippen molar-refractivity contribution in [2.45, 2.75) is 48.5 Å². The molecule has 1 aromatic heterocycles. The third kappa shape index (κ3) is 2.89. The second-order valence-electron chi connectivity index (χ2n) is 7.26. The van der Waals surface area contributed by atoms with E-state index in [1.54, 1.807) is 19.9 Å². The van der Waals surface area contributed by atoms with E-state index in [1.165, 1.54) is 0 Å². The van der Waals surface area contributed by atoms with Crippen LogP contribution < -0.4 is 0 Å². The molecule has 3 aromatic rings. The number of nitrogens with zero attached hydrogens (tertiary/aromatic N) is 2. The standard InChI is InChI=1S/C22H23FN2O3/c1-9-10(2)15(7)19(23)18(14(9)6)21-24-20(25-28-21)16-8-17(22(26)27)13(5)11(3)12(16)4/h8H,1-7H3,(H,26,27). The van der Waals surface area contributed by atoms with Crippen LogP contribution in [-0.4, -0.2) is 21.2 Å². The number of halogens is 1. The summed E-state index contributed by atoms with van der Waals surface area (Å²) in [7, 11) is 0. The van der Waals surface area contributed by atoms with Crippen molar-refractivity contribution < 1.29 is 18.8 Å². The van der Waals surface area contributed by atoms with Gasteiger partial charge in [-0.2, -0.15) is 4.98 Å². The summed E-state index contributed by atoms with van der Waals surface area (Å²) in [5.74, 6) is -1.06. The second-order valence-corrected chi connectivity index (χ2v) is 7.26. The highest BCUT2D eigenvalue weighted by molar-refractivity contribution is 5.92. The summed E-state index contributed by atoms with van der Waals surface area (Å²) in [6.45, 7) is 12.9. The first-order valence-corrected chi connectivity index (χ1v) is 9.00. The Bertz CT molecular complexity index is 1100. The van der Waals surface area contributed by atoms with Crippen LogP contribution in [-0.2, 0) is 0 Å². The molecule has 0 fully saturated rings. The maximum atomic E-state index is 15.0. The number of benzene rings is 2. The van der Waals surface area contributed by atoms with Gasteiger partial charge in [-0.25, -0.2) is 9.18 Å². The third-order valence-electron chi connectivity index (χ3n) is 5.94. The van der Waals surface area contributed by atoms with Gasteiger partial charge in [0.25, 0.3) is 5.89 Å². The number of aromatic carboxylic acids is 1. The zero-order valence-corrected chi connectivity index (χ0v) is 17.1. The molecule has 0 amide bonds. The minimum atomic E-state index is -1.02. The molecule has 0 atom stereocenters. The van der Waals surface area contributed by atoms with Crippen LogP contribution in [0.15, 0.2) is 10.6 Å². The van der Waals surface area contributed by atoms with Gasteiger partial charge in [-0.05, 0) is 93.5 Å². The van der Waals surface area contributed by atoms with E-state index in [1.807, 2.05) is 34.6 Å². The Labute approximate surface area is 163 Å².